The lowest BCUT2D eigenvalue weighted by molar-refractivity contribution is 0.0829. The van der Waals surface area contributed by atoms with Crippen molar-refractivity contribution in [3.05, 3.63) is 0 Å². The van der Waals surface area contributed by atoms with Crippen LogP contribution < -0.4 is 5.32 Å². The summed E-state index contributed by atoms with van der Waals surface area (Å²) < 4.78 is 0. The minimum atomic E-state index is -0.168. The predicted octanol–water partition coefficient (Wildman–Crippen LogP) is 0.441. The molecule has 1 fully saturated rings. The number of hydrogen-bond donors (Lipinski definition) is 2. The Labute approximate surface area is 81.1 Å². The average molecular weight is 186 g/mol. The molecule has 1 aliphatic rings. The van der Waals surface area contributed by atoms with Crippen molar-refractivity contribution in [1.29, 1.82) is 0 Å². The van der Waals surface area contributed by atoms with Gasteiger partial charge in [0.15, 0.2) is 0 Å². The van der Waals surface area contributed by atoms with Crippen molar-refractivity contribution >= 4 is 0 Å². The van der Waals surface area contributed by atoms with Crippen molar-refractivity contribution in [2.75, 3.05) is 26.2 Å². The maximum atomic E-state index is 9.71. The molecule has 0 bridgehead atoms. The standard InChI is InChI=1S/C10H22N2O/c1-3-5-12(6-4-2)9-7-11-8-10(9)13/h9-11,13H,3-8H2,1-2H3. The summed E-state index contributed by atoms with van der Waals surface area (Å²) in [5, 5.41) is 12.9. The zero-order chi connectivity index (χ0) is 9.68. The van der Waals surface area contributed by atoms with Gasteiger partial charge in [-0.2, -0.15) is 0 Å². The van der Waals surface area contributed by atoms with Crippen LogP contribution in [0.3, 0.4) is 0 Å². The Hall–Kier alpha value is -0.120. The van der Waals surface area contributed by atoms with E-state index in [0.717, 1.165) is 26.2 Å². The maximum absolute atomic E-state index is 9.71. The third-order valence-electron chi connectivity index (χ3n) is 2.64. The van der Waals surface area contributed by atoms with Gasteiger partial charge in [0.05, 0.1) is 6.10 Å². The van der Waals surface area contributed by atoms with Crippen molar-refractivity contribution in [1.82, 2.24) is 10.2 Å². The minimum absolute atomic E-state index is 0.168. The van der Waals surface area contributed by atoms with E-state index in [1.54, 1.807) is 0 Å². The molecular formula is C10H22N2O. The van der Waals surface area contributed by atoms with Crippen LogP contribution >= 0.6 is 0 Å². The summed E-state index contributed by atoms with van der Waals surface area (Å²) >= 11 is 0. The van der Waals surface area contributed by atoms with Gasteiger partial charge in [0.25, 0.3) is 0 Å². The van der Waals surface area contributed by atoms with Crippen LogP contribution in [-0.4, -0.2) is 48.3 Å². The Bertz CT molecular complexity index is 135. The molecule has 2 unspecified atom stereocenters. The van der Waals surface area contributed by atoms with Gasteiger partial charge < -0.3 is 10.4 Å². The molecule has 0 aromatic rings. The molecule has 0 spiro atoms. The Morgan fingerprint density at radius 3 is 2.23 bits per heavy atom. The van der Waals surface area contributed by atoms with Crippen LogP contribution in [0.15, 0.2) is 0 Å². The Kier molecular flexibility index (Phi) is 4.70. The topological polar surface area (TPSA) is 35.5 Å². The fourth-order valence-corrected chi connectivity index (χ4v) is 2.04. The van der Waals surface area contributed by atoms with E-state index in [1.807, 2.05) is 0 Å². The summed E-state index contributed by atoms with van der Waals surface area (Å²) in [6, 6.07) is 0.347. The van der Waals surface area contributed by atoms with Crippen LogP contribution in [0.2, 0.25) is 0 Å². The molecule has 1 aliphatic heterocycles. The van der Waals surface area contributed by atoms with Crippen LogP contribution in [-0.2, 0) is 0 Å². The van der Waals surface area contributed by atoms with E-state index in [0.29, 0.717) is 6.04 Å². The van der Waals surface area contributed by atoms with Gasteiger partial charge in [-0.05, 0) is 25.9 Å². The third kappa shape index (κ3) is 2.93. The van der Waals surface area contributed by atoms with Gasteiger partial charge in [0, 0.05) is 19.1 Å². The van der Waals surface area contributed by atoms with E-state index < -0.39 is 0 Å². The lowest BCUT2D eigenvalue weighted by atomic mass is 10.1. The Morgan fingerprint density at radius 1 is 1.23 bits per heavy atom. The molecule has 78 valence electrons. The highest BCUT2D eigenvalue weighted by Gasteiger charge is 2.29. The summed E-state index contributed by atoms with van der Waals surface area (Å²) in [4.78, 5) is 2.41. The number of nitrogens with one attached hydrogen (secondary N) is 1. The van der Waals surface area contributed by atoms with Gasteiger partial charge in [-0.25, -0.2) is 0 Å². The van der Waals surface area contributed by atoms with Gasteiger partial charge in [0.1, 0.15) is 0 Å². The molecule has 0 aromatic carbocycles. The second kappa shape index (κ2) is 5.58. The summed E-state index contributed by atoms with van der Waals surface area (Å²) in [6.45, 7) is 8.30. The molecular weight excluding hydrogens is 164 g/mol. The first kappa shape index (κ1) is 11.0. The van der Waals surface area contributed by atoms with Crippen molar-refractivity contribution in [2.24, 2.45) is 0 Å². The summed E-state index contributed by atoms with van der Waals surface area (Å²) in [6.07, 6.45) is 2.17. The van der Waals surface area contributed by atoms with Crippen LogP contribution in [0.5, 0.6) is 0 Å². The van der Waals surface area contributed by atoms with Crippen LogP contribution in [0.4, 0.5) is 0 Å². The van der Waals surface area contributed by atoms with E-state index >= 15 is 0 Å². The van der Waals surface area contributed by atoms with Gasteiger partial charge in [-0.3, -0.25) is 4.90 Å². The molecule has 1 saturated heterocycles. The first-order valence-electron chi connectivity index (χ1n) is 5.42. The zero-order valence-electron chi connectivity index (χ0n) is 8.79. The van der Waals surface area contributed by atoms with Gasteiger partial charge in [-0.15, -0.1) is 0 Å². The summed E-state index contributed by atoms with van der Waals surface area (Å²) in [5.74, 6) is 0. The van der Waals surface area contributed by atoms with Crippen LogP contribution in [0.1, 0.15) is 26.7 Å². The van der Waals surface area contributed by atoms with E-state index in [9.17, 15) is 5.11 Å². The number of nitrogens with zero attached hydrogens (tertiary/aromatic N) is 1. The fourth-order valence-electron chi connectivity index (χ4n) is 2.04. The first-order chi connectivity index (χ1) is 6.29. The number of β-amino-alcohol motifs (C(OH)–C–C–N with tert-alkyl or cyclic N) is 1. The van der Waals surface area contributed by atoms with E-state index in [1.165, 1.54) is 12.8 Å². The predicted molar refractivity (Wildman–Crippen MR) is 54.8 cm³/mol. The molecule has 0 aliphatic carbocycles. The second-order valence-corrected chi connectivity index (χ2v) is 3.83. The maximum Gasteiger partial charge on any atom is 0.0831 e. The number of aliphatic hydroxyl groups excluding tert-OH is 1. The fraction of sp³-hybridized carbons (Fsp3) is 1.00. The SMILES string of the molecule is CCCN(CCC)C1CNCC1O. The van der Waals surface area contributed by atoms with Gasteiger partial charge in [-0.1, -0.05) is 13.8 Å². The summed E-state index contributed by atoms with van der Waals surface area (Å²) in [5.41, 5.74) is 0. The van der Waals surface area contributed by atoms with Crippen molar-refractivity contribution < 1.29 is 5.11 Å². The molecule has 0 radical (unpaired) electrons. The van der Waals surface area contributed by atoms with Crippen molar-refractivity contribution in [2.45, 2.75) is 38.8 Å². The Balaban J connectivity index is 2.42. The zero-order valence-corrected chi connectivity index (χ0v) is 8.79. The monoisotopic (exact) mass is 186 g/mol. The number of aliphatic hydroxyl groups is 1. The van der Waals surface area contributed by atoms with E-state index in [2.05, 4.69) is 24.1 Å². The number of hydrogen-bond acceptors (Lipinski definition) is 3. The summed E-state index contributed by atoms with van der Waals surface area (Å²) in [7, 11) is 0. The minimum Gasteiger partial charge on any atom is -0.390 e. The van der Waals surface area contributed by atoms with Crippen molar-refractivity contribution in [3.63, 3.8) is 0 Å². The first-order valence-corrected chi connectivity index (χ1v) is 5.42. The van der Waals surface area contributed by atoms with Crippen LogP contribution in [0, 0.1) is 0 Å². The molecule has 3 nitrogen and oxygen atoms in total. The number of rotatable bonds is 5. The molecule has 2 atom stereocenters. The van der Waals surface area contributed by atoms with E-state index in [4.69, 9.17) is 0 Å². The molecule has 0 aromatic heterocycles. The van der Waals surface area contributed by atoms with Gasteiger partial charge >= 0.3 is 0 Å². The van der Waals surface area contributed by atoms with Gasteiger partial charge in [0.2, 0.25) is 0 Å². The lowest BCUT2D eigenvalue weighted by Crippen LogP contribution is -2.44. The molecule has 1 heterocycles. The molecule has 13 heavy (non-hydrogen) atoms. The average Bonchev–Trinajstić information content (AvgIpc) is 2.51. The second-order valence-electron chi connectivity index (χ2n) is 3.83. The van der Waals surface area contributed by atoms with Crippen molar-refractivity contribution in [3.8, 4) is 0 Å². The molecule has 1 rings (SSSR count). The lowest BCUT2D eigenvalue weighted by Gasteiger charge is -2.29. The van der Waals surface area contributed by atoms with Crippen LogP contribution in [0.25, 0.3) is 0 Å². The smallest absolute Gasteiger partial charge is 0.0831 e. The van der Waals surface area contributed by atoms with E-state index in [-0.39, 0.29) is 6.10 Å². The normalized spacial score (nSPS) is 28.6. The highest BCUT2D eigenvalue weighted by Crippen LogP contribution is 2.10. The highest BCUT2D eigenvalue weighted by molar-refractivity contribution is 4.88. The third-order valence-corrected chi connectivity index (χ3v) is 2.64. The molecule has 2 N–H and O–H groups in total. The quantitative estimate of drug-likeness (QED) is 0.654. The molecule has 3 heteroatoms. The Morgan fingerprint density at radius 2 is 1.85 bits per heavy atom. The highest BCUT2D eigenvalue weighted by atomic mass is 16.3. The molecule has 0 amide bonds. The molecule has 0 saturated carbocycles. The largest absolute Gasteiger partial charge is 0.390 e.